The second-order valence-corrected chi connectivity index (χ2v) is 6.10. The van der Waals surface area contributed by atoms with E-state index in [4.69, 9.17) is 16.1 Å². The van der Waals surface area contributed by atoms with E-state index in [0.717, 1.165) is 11.1 Å². The van der Waals surface area contributed by atoms with E-state index in [9.17, 15) is 4.39 Å². The highest BCUT2D eigenvalue weighted by atomic mass is 35.5. The maximum atomic E-state index is 13.0. The van der Waals surface area contributed by atoms with E-state index in [1.807, 2.05) is 26.1 Å². The van der Waals surface area contributed by atoms with Crippen LogP contribution in [0.2, 0.25) is 5.02 Å². The van der Waals surface area contributed by atoms with Crippen molar-refractivity contribution in [2.75, 3.05) is 7.05 Å². The fourth-order valence-electron chi connectivity index (χ4n) is 2.41. The van der Waals surface area contributed by atoms with Gasteiger partial charge in [-0.1, -0.05) is 41.0 Å². The molecule has 1 heterocycles. The molecule has 4 nitrogen and oxygen atoms in total. The maximum Gasteiger partial charge on any atom is 0.241 e. The van der Waals surface area contributed by atoms with Gasteiger partial charge in [-0.2, -0.15) is 4.98 Å². The van der Waals surface area contributed by atoms with Crippen molar-refractivity contribution in [2.45, 2.75) is 19.5 Å². The molecule has 0 radical (unpaired) electrons. The molecule has 0 aliphatic carbocycles. The maximum absolute atomic E-state index is 13.0. The molecule has 6 heteroatoms. The van der Waals surface area contributed by atoms with Crippen LogP contribution in [0.4, 0.5) is 4.39 Å². The molecule has 0 spiro atoms. The molecule has 1 unspecified atom stereocenters. The molecule has 1 atom stereocenters. The molecule has 24 heavy (non-hydrogen) atoms. The Balaban J connectivity index is 1.71. The zero-order valence-corrected chi connectivity index (χ0v) is 14.2. The van der Waals surface area contributed by atoms with E-state index in [0.29, 0.717) is 23.3 Å². The summed E-state index contributed by atoms with van der Waals surface area (Å²) in [6, 6.07) is 13.9. The number of halogens is 2. The molecule has 2 aromatic carbocycles. The smallest absolute Gasteiger partial charge is 0.241 e. The predicted molar refractivity (Wildman–Crippen MR) is 91.0 cm³/mol. The van der Waals surface area contributed by atoms with Gasteiger partial charge in [0.05, 0.1) is 6.54 Å². The van der Waals surface area contributed by atoms with Gasteiger partial charge in [0.25, 0.3) is 0 Å². The molecule has 0 saturated carbocycles. The van der Waals surface area contributed by atoms with Crippen molar-refractivity contribution in [3.63, 3.8) is 0 Å². The number of hydrogen-bond donors (Lipinski definition) is 0. The van der Waals surface area contributed by atoms with Gasteiger partial charge in [-0.15, -0.1) is 0 Å². The summed E-state index contributed by atoms with van der Waals surface area (Å²) >= 11 is 5.99. The third kappa shape index (κ3) is 3.80. The second kappa shape index (κ2) is 7.11. The SMILES string of the molecule is CC(c1ccc(F)cc1)N(C)Cc1nc(-c2cccc(Cl)c2)no1. The Labute approximate surface area is 144 Å². The van der Waals surface area contributed by atoms with Gasteiger partial charge in [-0.25, -0.2) is 4.39 Å². The van der Waals surface area contributed by atoms with E-state index < -0.39 is 0 Å². The van der Waals surface area contributed by atoms with E-state index in [2.05, 4.69) is 15.0 Å². The van der Waals surface area contributed by atoms with E-state index >= 15 is 0 Å². The zero-order valence-electron chi connectivity index (χ0n) is 13.4. The summed E-state index contributed by atoms with van der Waals surface area (Å²) in [6.07, 6.45) is 0. The average molecular weight is 346 g/mol. The fourth-order valence-corrected chi connectivity index (χ4v) is 2.60. The molecule has 3 aromatic rings. The largest absolute Gasteiger partial charge is 0.338 e. The highest BCUT2D eigenvalue weighted by molar-refractivity contribution is 6.30. The quantitative estimate of drug-likeness (QED) is 0.671. The molecule has 0 fully saturated rings. The van der Waals surface area contributed by atoms with Crippen LogP contribution in [-0.4, -0.2) is 22.1 Å². The van der Waals surface area contributed by atoms with Crippen molar-refractivity contribution >= 4 is 11.6 Å². The number of hydrogen-bond acceptors (Lipinski definition) is 4. The lowest BCUT2D eigenvalue weighted by molar-refractivity contribution is 0.216. The first-order valence-electron chi connectivity index (χ1n) is 7.57. The average Bonchev–Trinajstić information content (AvgIpc) is 3.03. The lowest BCUT2D eigenvalue weighted by atomic mass is 10.1. The predicted octanol–water partition coefficient (Wildman–Crippen LogP) is 4.72. The molecule has 0 aliphatic rings. The summed E-state index contributed by atoms with van der Waals surface area (Å²) in [7, 11) is 1.96. The van der Waals surface area contributed by atoms with Crippen LogP contribution in [0.5, 0.6) is 0 Å². The summed E-state index contributed by atoms with van der Waals surface area (Å²) in [5.41, 5.74) is 1.83. The van der Waals surface area contributed by atoms with Gasteiger partial charge in [-0.05, 0) is 43.8 Å². The van der Waals surface area contributed by atoms with Gasteiger partial charge in [0.15, 0.2) is 0 Å². The van der Waals surface area contributed by atoms with Crippen molar-refractivity contribution in [1.82, 2.24) is 15.0 Å². The lowest BCUT2D eigenvalue weighted by Gasteiger charge is -2.23. The number of nitrogens with zero attached hydrogens (tertiary/aromatic N) is 3. The minimum absolute atomic E-state index is 0.0899. The minimum Gasteiger partial charge on any atom is -0.338 e. The Morgan fingerprint density at radius 1 is 1.21 bits per heavy atom. The Morgan fingerprint density at radius 2 is 1.96 bits per heavy atom. The highest BCUT2D eigenvalue weighted by Crippen LogP contribution is 2.23. The molecule has 0 aliphatic heterocycles. The van der Waals surface area contributed by atoms with Crippen LogP contribution < -0.4 is 0 Å². The second-order valence-electron chi connectivity index (χ2n) is 5.66. The molecule has 0 amide bonds. The summed E-state index contributed by atoms with van der Waals surface area (Å²) in [5, 5.41) is 4.63. The first kappa shape index (κ1) is 16.6. The van der Waals surface area contributed by atoms with E-state index in [1.54, 1.807) is 24.3 Å². The minimum atomic E-state index is -0.239. The molecule has 0 saturated heterocycles. The van der Waals surface area contributed by atoms with Crippen LogP contribution >= 0.6 is 11.6 Å². The number of aromatic nitrogens is 2. The summed E-state index contributed by atoms with van der Waals surface area (Å²) in [5.74, 6) is 0.786. The standard InChI is InChI=1S/C18H17ClFN3O/c1-12(13-6-8-16(20)9-7-13)23(2)11-17-21-18(22-24-17)14-4-3-5-15(19)10-14/h3-10,12H,11H2,1-2H3. The lowest BCUT2D eigenvalue weighted by Crippen LogP contribution is -2.22. The first-order chi connectivity index (χ1) is 11.5. The van der Waals surface area contributed by atoms with Gasteiger partial charge >= 0.3 is 0 Å². The van der Waals surface area contributed by atoms with Gasteiger partial charge in [-0.3, -0.25) is 4.90 Å². The third-order valence-electron chi connectivity index (χ3n) is 3.95. The van der Waals surface area contributed by atoms with Gasteiger partial charge in [0, 0.05) is 16.6 Å². The Kier molecular flexibility index (Phi) is 4.92. The van der Waals surface area contributed by atoms with E-state index in [1.165, 1.54) is 12.1 Å². The van der Waals surface area contributed by atoms with Crippen LogP contribution in [0.25, 0.3) is 11.4 Å². The molecular weight excluding hydrogens is 329 g/mol. The molecule has 0 bridgehead atoms. The molecule has 0 N–H and O–H groups in total. The van der Waals surface area contributed by atoms with Crippen molar-refractivity contribution in [1.29, 1.82) is 0 Å². The van der Waals surface area contributed by atoms with Crippen molar-refractivity contribution in [3.05, 3.63) is 70.8 Å². The summed E-state index contributed by atoms with van der Waals surface area (Å²) in [6.45, 7) is 2.54. The van der Waals surface area contributed by atoms with Crippen molar-refractivity contribution in [3.8, 4) is 11.4 Å². The molecular formula is C18H17ClFN3O. The van der Waals surface area contributed by atoms with Crippen LogP contribution in [0.3, 0.4) is 0 Å². The van der Waals surface area contributed by atoms with Gasteiger partial charge in [0.2, 0.25) is 11.7 Å². The Bertz CT molecular complexity index is 819. The van der Waals surface area contributed by atoms with Gasteiger partial charge in [0.1, 0.15) is 5.82 Å². The monoisotopic (exact) mass is 345 g/mol. The number of rotatable bonds is 5. The zero-order chi connectivity index (χ0) is 17.1. The van der Waals surface area contributed by atoms with Crippen molar-refractivity contribution < 1.29 is 8.91 Å². The highest BCUT2D eigenvalue weighted by Gasteiger charge is 2.16. The molecule has 124 valence electrons. The van der Waals surface area contributed by atoms with Crippen molar-refractivity contribution in [2.24, 2.45) is 0 Å². The summed E-state index contributed by atoms with van der Waals surface area (Å²) in [4.78, 5) is 6.47. The topological polar surface area (TPSA) is 42.2 Å². The fraction of sp³-hybridized carbons (Fsp3) is 0.222. The number of benzene rings is 2. The first-order valence-corrected chi connectivity index (χ1v) is 7.95. The summed E-state index contributed by atoms with van der Waals surface area (Å²) < 4.78 is 18.4. The van der Waals surface area contributed by atoms with Crippen LogP contribution in [-0.2, 0) is 6.54 Å². The Hall–Kier alpha value is -2.24. The van der Waals surface area contributed by atoms with Gasteiger partial charge < -0.3 is 4.52 Å². The normalized spacial score (nSPS) is 12.5. The van der Waals surface area contributed by atoms with Crippen LogP contribution in [0, 0.1) is 5.82 Å². The Morgan fingerprint density at radius 3 is 2.67 bits per heavy atom. The molecule has 1 aromatic heterocycles. The van der Waals surface area contributed by atoms with Crippen LogP contribution in [0.1, 0.15) is 24.4 Å². The molecule has 3 rings (SSSR count). The van der Waals surface area contributed by atoms with E-state index in [-0.39, 0.29) is 11.9 Å². The third-order valence-corrected chi connectivity index (χ3v) is 4.18. The van der Waals surface area contributed by atoms with Crippen LogP contribution in [0.15, 0.2) is 53.1 Å².